The summed E-state index contributed by atoms with van der Waals surface area (Å²) >= 11 is 6.43. The van der Waals surface area contributed by atoms with E-state index in [0.717, 1.165) is 38.2 Å². The lowest BCUT2D eigenvalue weighted by molar-refractivity contribution is 1.18. The van der Waals surface area contributed by atoms with Gasteiger partial charge in [-0.15, -0.1) is 0 Å². The van der Waals surface area contributed by atoms with Crippen LogP contribution < -0.4 is 5.73 Å². The monoisotopic (exact) mass is 292 g/mol. The zero-order valence-corrected chi connectivity index (χ0v) is 12.0. The number of hydrogen-bond donors (Lipinski definition) is 1. The molecule has 0 aliphatic rings. The molecule has 4 aromatic rings. The summed E-state index contributed by atoms with van der Waals surface area (Å²) in [6.07, 6.45) is 0. The van der Waals surface area contributed by atoms with E-state index in [0.29, 0.717) is 0 Å². The Bertz CT molecular complexity index is 952. The molecule has 1 heterocycles. The van der Waals surface area contributed by atoms with Crippen molar-refractivity contribution in [3.8, 4) is 5.69 Å². The van der Waals surface area contributed by atoms with Gasteiger partial charge >= 0.3 is 0 Å². The van der Waals surface area contributed by atoms with Crippen LogP contribution in [0.25, 0.3) is 27.5 Å². The molecule has 3 aromatic carbocycles. The van der Waals surface area contributed by atoms with Gasteiger partial charge in [-0.1, -0.05) is 35.9 Å². The average molecular weight is 293 g/mol. The second-order valence-electron chi connectivity index (χ2n) is 5.08. The maximum Gasteiger partial charge on any atom is 0.0556 e. The van der Waals surface area contributed by atoms with E-state index >= 15 is 0 Å². The topological polar surface area (TPSA) is 30.9 Å². The Hall–Kier alpha value is -2.45. The second-order valence-corrected chi connectivity index (χ2v) is 5.49. The van der Waals surface area contributed by atoms with Crippen molar-refractivity contribution in [2.45, 2.75) is 0 Å². The lowest BCUT2D eigenvalue weighted by atomic mass is 10.1. The summed E-state index contributed by atoms with van der Waals surface area (Å²) in [6, 6.07) is 22.2. The first-order chi connectivity index (χ1) is 10.3. The molecule has 0 amide bonds. The van der Waals surface area contributed by atoms with Gasteiger partial charge in [0.2, 0.25) is 0 Å². The molecular formula is C18H13ClN2. The van der Waals surface area contributed by atoms with Gasteiger partial charge in [-0.05, 0) is 42.5 Å². The van der Waals surface area contributed by atoms with Gasteiger partial charge in [0.15, 0.2) is 0 Å². The van der Waals surface area contributed by atoms with Gasteiger partial charge in [-0.3, -0.25) is 0 Å². The highest BCUT2D eigenvalue weighted by atomic mass is 35.5. The van der Waals surface area contributed by atoms with E-state index in [1.165, 1.54) is 0 Å². The smallest absolute Gasteiger partial charge is 0.0556 e. The fourth-order valence-electron chi connectivity index (χ4n) is 2.88. The molecule has 0 bridgehead atoms. The van der Waals surface area contributed by atoms with Crippen LogP contribution in [-0.4, -0.2) is 4.57 Å². The van der Waals surface area contributed by atoms with Crippen LogP contribution in [0.5, 0.6) is 0 Å². The van der Waals surface area contributed by atoms with Crippen molar-refractivity contribution in [3.63, 3.8) is 0 Å². The summed E-state index contributed by atoms with van der Waals surface area (Å²) in [4.78, 5) is 0. The van der Waals surface area contributed by atoms with Crippen molar-refractivity contribution >= 4 is 39.1 Å². The molecule has 0 saturated carbocycles. The standard InChI is InChI=1S/C18H13ClN2/c19-15-5-3-7-17-18(15)14-4-1-2-6-16(14)21(17)13-10-8-12(20)9-11-13/h1-11H,20H2. The number of halogens is 1. The van der Waals surface area contributed by atoms with Gasteiger partial charge in [0.1, 0.15) is 0 Å². The number of nitrogen functional groups attached to an aromatic ring is 1. The summed E-state index contributed by atoms with van der Waals surface area (Å²) in [5.74, 6) is 0. The van der Waals surface area contributed by atoms with E-state index in [4.69, 9.17) is 17.3 Å². The van der Waals surface area contributed by atoms with Gasteiger partial charge in [-0.25, -0.2) is 0 Å². The molecule has 3 heteroatoms. The number of para-hydroxylation sites is 1. The second kappa shape index (κ2) is 4.54. The Morgan fingerprint density at radius 1 is 0.762 bits per heavy atom. The fraction of sp³-hybridized carbons (Fsp3) is 0. The number of benzene rings is 3. The van der Waals surface area contributed by atoms with Crippen LogP contribution in [0, 0.1) is 0 Å². The number of anilines is 1. The highest BCUT2D eigenvalue weighted by Crippen LogP contribution is 2.35. The van der Waals surface area contributed by atoms with E-state index < -0.39 is 0 Å². The Balaban J connectivity index is 2.20. The number of nitrogens with zero attached hydrogens (tertiary/aromatic N) is 1. The lowest BCUT2D eigenvalue weighted by Gasteiger charge is -2.08. The minimum atomic E-state index is 0.762. The summed E-state index contributed by atoms with van der Waals surface area (Å²) in [5.41, 5.74) is 9.89. The average Bonchev–Trinajstić information content (AvgIpc) is 2.84. The Morgan fingerprint density at radius 3 is 2.29 bits per heavy atom. The van der Waals surface area contributed by atoms with Crippen molar-refractivity contribution < 1.29 is 0 Å². The first-order valence-electron chi connectivity index (χ1n) is 6.79. The summed E-state index contributed by atoms with van der Waals surface area (Å²) in [7, 11) is 0. The Morgan fingerprint density at radius 2 is 1.48 bits per heavy atom. The van der Waals surface area contributed by atoms with Gasteiger partial charge in [0, 0.05) is 22.1 Å². The number of rotatable bonds is 1. The van der Waals surface area contributed by atoms with Crippen molar-refractivity contribution in [2.75, 3.05) is 5.73 Å². The third kappa shape index (κ3) is 1.80. The zero-order valence-electron chi connectivity index (χ0n) is 11.3. The first-order valence-corrected chi connectivity index (χ1v) is 7.17. The molecule has 0 atom stereocenters. The van der Waals surface area contributed by atoms with E-state index in [9.17, 15) is 0 Å². The Labute approximate surface area is 127 Å². The van der Waals surface area contributed by atoms with Gasteiger partial charge in [0.25, 0.3) is 0 Å². The minimum absolute atomic E-state index is 0.762. The van der Waals surface area contributed by atoms with Crippen molar-refractivity contribution in [2.24, 2.45) is 0 Å². The largest absolute Gasteiger partial charge is 0.399 e. The molecule has 0 fully saturated rings. The van der Waals surface area contributed by atoms with Crippen LogP contribution in [-0.2, 0) is 0 Å². The maximum atomic E-state index is 6.43. The quantitative estimate of drug-likeness (QED) is 0.491. The van der Waals surface area contributed by atoms with Crippen LogP contribution in [0.2, 0.25) is 5.02 Å². The van der Waals surface area contributed by atoms with E-state index in [1.54, 1.807) is 0 Å². The zero-order chi connectivity index (χ0) is 14.4. The number of aromatic nitrogens is 1. The molecule has 2 nitrogen and oxygen atoms in total. The van der Waals surface area contributed by atoms with Crippen LogP contribution in [0.15, 0.2) is 66.7 Å². The molecule has 1 aromatic heterocycles. The molecule has 0 aliphatic carbocycles. The van der Waals surface area contributed by atoms with E-state index in [1.807, 2.05) is 48.5 Å². The van der Waals surface area contributed by atoms with Crippen molar-refractivity contribution in [1.29, 1.82) is 0 Å². The highest BCUT2D eigenvalue weighted by Gasteiger charge is 2.13. The third-order valence-electron chi connectivity index (χ3n) is 3.80. The molecule has 0 aliphatic heterocycles. The normalized spacial score (nSPS) is 11.3. The van der Waals surface area contributed by atoms with Gasteiger partial charge < -0.3 is 10.3 Å². The molecule has 21 heavy (non-hydrogen) atoms. The predicted molar refractivity (Wildman–Crippen MR) is 90.2 cm³/mol. The molecular weight excluding hydrogens is 280 g/mol. The molecule has 0 unspecified atom stereocenters. The maximum absolute atomic E-state index is 6.43. The molecule has 102 valence electrons. The van der Waals surface area contributed by atoms with Gasteiger partial charge in [0.05, 0.1) is 16.1 Å². The fourth-order valence-corrected chi connectivity index (χ4v) is 3.15. The summed E-state index contributed by atoms with van der Waals surface area (Å²) in [5, 5.41) is 3.03. The SMILES string of the molecule is Nc1ccc(-n2c3ccccc3c3c(Cl)cccc32)cc1. The molecule has 0 radical (unpaired) electrons. The predicted octanol–water partition coefficient (Wildman–Crippen LogP) is 5.02. The van der Waals surface area contributed by atoms with Gasteiger partial charge in [-0.2, -0.15) is 0 Å². The highest BCUT2D eigenvalue weighted by molar-refractivity contribution is 6.38. The molecule has 2 N–H and O–H groups in total. The third-order valence-corrected chi connectivity index (χ3v) is 4.11. The van der Waals surface area contributed by atoms with Crippen LogP contribution in [0.4, 0.5) is 5.69 Å². The van der Waals surface area contributed by atoms with Crippen LogP contribution in [0.3, 0.4) is 0 Å². The van der Waals surface area contributed by atoms with Crippen LogP contribution in [0.1, 0.15) is 0 Å². The summed E-state index contributed by atoms with van der Waals surface area (Å²) in [6.45, 7) is 0. The van der Waals surface area contributed by atoms with E-state index in [-0.39, 0.29) is 0 Å². The van der Waals surface area contributed by atoms with Crippen molar-refractivity contribution in [1.82, 2.24) is 4.57 Å². The molecule has 0 spiro atoms. The van der Waals surface area contributed by atoms with Crippen molar-refractivity contribution in [3.05, 3.63) is 71.8 Å². The van der Waals surface area contributed by atoms with E-state index in [2.05, 4.69) is 22.8 Å². The number of fused-ring (bicyclic) bond motifs is 3. The molecule has 4 rings (SSSR count). The Kier molecular flexibility index (Phi) is 2.66. The first kappa shape index (κ1) is 12.3. The number of nitrogens with two attached hydrogens (primary N) is 1. The summed E-state index contributed by atoms with van der Waals surface area (Å²) < 4.78 is 2.22. The number of hydrogen-bond acceptors (Lipinski definition) is 1. The molecule has 0 saturated heterocycles. The lowest BCUT2D eigenvalue weighted by Crippen LogP contribution is -1.94. The minimum Gasteiger partial charge on any atom is -0.399 e. The van der Waals surface area contributed by atoms with Crippen LogP contribution >= 0.6 is 11.6 Å².